The highest BCUT2D eigenvalue weighted by molar-refractivity contribution is 6.52. The van der Waals surface area contributed by atoms with Gasteiger partial charge >= 0.3 is 11.9 Å². The molecule has 0 radical (unpaired) electrons. The maximum absolute atomic E-state index is 12.5. The van der Waals surface area contributed by atoms with E-state index in [9.17, 15) is 19.5 Å². The zero-order chi connectivity index (χ0) is 18.7. The van der Waals surface area contributed by atoms with Crippen LogP contribution in [0.5, 0.6) is 0 Å². The summed E-state index contributed by atoms with van der Waals surface area (Å²) in [6.45, 7) is 0. The molecule has 0 saturated carbocycles. The lowest BCUT2D eigenvalue weighted by molar-refractivity contribution is -0.136. The second kappa shape index (κ2) is 7.35. The van der Waals surface area contributed by atoms with E-state index in [0.29, 0.717) is 12.8 Å². The van der Waals surface area contributed by atoms with Crippen molar-refractivity contribution in [1.29, 1.82) is 0 Å². The number of rotatable bonds is 5. The van der Waals surface area contributed by atoms with Gasteiger partial charge in [-0.1, -0.05) is 42.0 Å². The number of carboxylic acid groups (broad SMARTS) is 2. The molecule has 0 aromatic carbocycles. The van der Waals surface area contributed by atoms with Gasteiger partial charge in [-0.05, 0) is 18.9 Å². The van der Waals surface area contributed by atoms with Crippen LogP contribution in [0.15, 0.2) is 64.5 Å². The average molecular weight is 354 g/mol. The zero-order valence-corrected chi connectivity index (χ0v) is 13.9. The van der Waals surface area contributed by atoms with Gasteiger partial charge in [0.2, 0.25) is 5.78 Å². The molecule has 3 N–H and O–H groups in total. The van der Waals surface area contributed by atoms with Crippen LogP contribution >= 0.6 is 0 Å². The molecule has 0 aromatic rings. The van der Waals surface area contributed by atoms with Crippen molar-refractivity contribution in [3.8, 4) is 0 Å². The van der Waals surface area contributed by atoms with Crippen LogP contribution in [0.1, 0.15) is 19.3 Å². The quantitative estimate of drug-likeness (QED) is 0.513. The summed E-state index contributed by atoms with van der Waals surface area (Å²) < 4.78 is 0. The van der Waals surface area contributed by atoms with Crippen LogP contribution in [0.4, 0.5) is 0 Å². The second-order valence-corrected chi connectivity index (χ2v) is 6.28. The van der Waals surface area contributed by atoms with Crippen LogP contribution in [-0.4, -0.2) is 33.6 Å². The van der Waals surface area contributed by atoms with Gasteiger partial charge in [-0.2, -0.15) is 5.10 Å². The van der Waals surface area contributed by atoms with Gasteiger partial charge in [-0.3, -0.25) is 15.0 Å². The number of carbonyl (C=O) groups excluding carboxylic acids is 1. The first-order chi connectivity index (χ1) is 12.5. The predicted octanol–water partition coefficient (Wildman–Crippen LogP) is 1.96. The van der Waals surface area contributed by atoms with E-state index >= 15 is 0 Å². The van der Waals surface area contributed by atoms with Gasteiger partial charge in [-0.15, -0.1) is 0 Å². The van der Waals surface area contributed by atoms with E-state index in [0.717, 1.165) is 11.3 Å². The highest BCUT2D eigenvalue weighted by Gasteiger charge is 2.37. The third-order valence-electron chi connectivity index (χ3n) is 4.49. The number of fused-ring (bicyclic) bond motifs is 1. The Balaban J connectivity index is 1.81. The van der Waals surface area contributed by atoms with Crippen molar-refractivity contribution in [2.75, 3.05) is 0 Å². The number of nitrogens with zero attached hydrogens (tertiary/aromatic N) is 1. The molecule has 134 valence electrons. The lowest BCUT2D eigenvalue weighted by Crippen LogP contribution is -2.37. The number of carbonyl (C=O) groups is 3. The maximum Gasteiger partial charge on any atom is 0.339 e. The van der Waals surface area contributed by atoms with Crippen molar-refractivity contribution in [1.82, 2.24) is 5.43 Å². The minimum absolute atomic E-state index is 0.00440. The summed E-state index contributed by atoms with van der Waals surface area (Å²) >= 11 is 0. The molecule has 3 rings (SSSR count). The number of hydrazone groups is 1. The monoisotopic (exact) mass is 354 g/mol. The van der Waals surface area contributed by atoms with E-state index in [1.807, 2.05) is 24.3 Å². The SMILES string of the molecule is O=C(O)CC1=CC=C(NN=C2C(=O)C(C(=O)O)=CC3C=CC=CC23)CC1. The largest absolute Gasteiger partial charge is 0.481 e. The summed E-state index contributed by atoms with van der Waals surface area (Å²) in [5.41, 5.74) is 4.31. The van der Waals surface area contributed by atoms with Crippen molar-refractivity contribution in [2.24, 2.45) is 16.9 Å². The maximum atomic E-state index is 12.5. The normalized spacial score (nSPS) is 25.9. The van der Waals surface area contributed by atoms with Crippen LogP contribution in [0, 0.1) is 11.8 Å². The van der Waals surface area contributed by atoms with Crippen molar-refractivity contribution in [2.45, 2.75) is 19.3 Å². The Morgan fingerprint density at radius 3 is 2.58 bits per heavy atom. The van der Waals surface area contributed by atoms with E-state index in [4.69, 9.17) is 5.11 Å². The van der Waals surface area contributed by atoms with Crippen molar-refractivity contribution in [3.05, 3.63) is 59.4 Å². The van der Waals surface area contributed by atoms with Crippen LogP contribution in [-0.2, 0) is 14.4 Å². The first-order valence-corrected chi connectivity index (χ1v) is 8.24. The number of hydrogen-bond acceptors (Lipinski definition) is 5. The molecule has 0 amide bonds. The Morgan fingerprint density at radius 2 is 1.92 bits per heavy atom. The number of nitrogens with one attached hydrogen (secondary N) is 1. The Kier molecular flexibility index (Phi) is 4.97. The van der Waals surface area contributed by atoms with Gasteiger partial charge < -0.3 is 10.2 Å². The highest BCUT2D eigenvalue weighted by Crippen LogP contribution is 2.30. The number of ketones is 1. The smallest absolute Gasteiger partial charge is 0.339 e. The Labute approximate surface area is 149 Å². The van der Waals surface area contributed by atoms with Crippen LogP contribution in [0.2, 0.25) is 0 Å². The molecular formula is C19H18N2O5. The molecule has 7 nitrogen and oxygen atoms in total. The first kappa shape index (κ1) is 17.6. The predicted molar refractivity (Wildman–Crippen MR) is 94.2 cm³/mol. The van der Waals surface area contributed by atoms with E-state index in [1.54, 1.807) is 12.2 Å². The fraction of sp³-hybridized carbons (Fsp3) is 0.263. The lowest BCUT2D eigenvalue weighted by atomic mass is 9.76. The average Bonchev–Trinajstić information content (AvgIpc) is 2.61. The first-order valence-electron chi connectivity index (χ1n) is 8.24. The summed E-state index contributed by atoms with van der Waals surface area (Å²) in [6.07, 6.45) is 13.4. The van der Waals surface area contributed by atoms with Gasteiger partial charge in [0.05, 0.1) is 6.42 Å². The Morgan fingerprint density at radius 1 is 1.15 bits per heavy atom. The molecule has 2 unspecified atom stereocenters. The summed E-state index contributed by atoms with van der Waals surface area (Å²) in [7, 11) is 0. The Hall–Kier alpha value is -3.22. The van der Waals surface area contributed by atoms with Gasteiger partial charge in [0, 0.05) is 17.5 Å². The number of carboxylic acids is 2. The zero-order valence-electron chi connectivity index (χ0n) is 13.9. The number of aliphatic carboxylic acids is 2. The minimum atomic E-state index is -1.26. The molecule has 3 aliphatic carbocycles. The summed E-state index contributed by atoms with van der Waals surface area (Å²) in [4.78, 5) is 34.6. The molecule has 3 aliphatic rings. The van der Waals surface area contributed by atoms with Crippen molar-refractivity contribution in [3.63, 3.8) is 0 Å². The number of hydrogen-bond donors (Lipinski definition) is 3. The standard InChI is InChI=1S/C19H18N2O5/c22-16(23)9-11-5-7-13(8-6-11)20-21-17-14-4-2-1-3-12(14)10-15(18(17)24)19(25)26/h1-5,7,10,12,14,20H,6,8-9H2,(H,22,23)(H,25,26). The molecular weight excluding hydrogens is 336 g/mol. The summed E-state index contributed by atoms with van der Waals surface area (Å²) in [5, 5.41) is 22.3. The van der Waals surface area contributed by atoms with Gasteiger partial charge in [-0.25, -0.2) is 4.79 Å². The molecule has 0 spiro atoms. The molecule has 0 fully saturated rings. The van der Waals surface area contributed by atoms with Gasteiger partial charge in [0.1, 0.15) is 11.3 Å². The molecule has 0 aromatic heterocycles. The molecule has 2 atom stereocenters. The number of Topliss-reactive ketones (excluding diaryl/α,β-unsaturated/α-hetero) is 1. The third kappa shape index (κ3) is 3.72. The summed E-state index contributed by atoms with van der Waals surface area (Å²) in [6, 6.07) is 0. The highest BCUT2D eigenvalue weighted by atomic mass is 16.4. The van der Waals surface area contributed by atoms with Crippen LogP contribution in [0.3, 0.4) is 0 Å². The molecule has 0 heterocycles. The van der Waals surface area contributed by atoms with E-state index in [2.05, 4.69) is 10.5 Å². The van der Waals surface area contributed by atoms with E-state index in [1.165, 1.54) is 6.08 Å². The number of allylic oxidation sites excluding steroid dienone is 8. The lowest BCUT2D eigenvalue weighted by Gasteiger charge is -2.27. The van der Waals surface area contributed by atoms with E-state index in [-0.39, 0.29) is 29.5 Å². The molecule has 0 aliphatic heterocycles. The van der Waals surface area contributed by atoms with Gasteiger partial charge in [0.25, 0.3) is 0 Å². The Bertz CT molecular complexity index is 842. The van der Waals surface area contributed by atoms with Gasteiger partial charge in [0.15, 0.2) is 0 Å². The molecule has 7 heteroatoms. The molecule has 0 saturated heterocycles. The van der Waals surface area contributed by atoms with Crippen molar-refractivity contribution >= 4 is 23.4 Å². The molecule has 0 bridgehead atoms. The minimum Gasteiger partial charge on any atom is -0.481 e. The fourth-order valence-electron chi connectivity index (χ4n) is 3.16. The summed E-state index contributed by atoms with van der Waals surface area (Å²) in [5.74, 6) is -3.24. The second-order valence-electron chi connectivity index (χ2n) is 6.28. The van der Waals surface area contributed by atoms with E-state index < -0.39 is 17.7 Å². The molecule has 26 heavy (non-hydrogen) atoms. The topological polar surface area (TPSA) is 116 Å². The fourth-order valence-corrected chi connectivity index (χ4v) is 3.16. The third-order valence-corrected chi connectivity index (χ3v) is 4.49. The van der Waals surface area contributed by atoms with Crippen LogP contribution in [0.25, 0.3) is 0 Å². The van der Waals surface area contributed by atoms with Crippen LogP contribution < -0.4 is 5.43 Å². The van der Waals surface area contributed by atoms with Crippen molar-refractivity contribution < 1.29 is 24.6 Å².